The maximum atomic E-state index is 11.6. The van der Waals surface area contributed by atoms with Crippen molar-refractivity contribution < 1.29 is 9.53 Å². The number of nitrogens with zero attached hydrogens (tertiary/aromatic N) is 2. The van der Waals surface area contributed by atoms with E-state index in [9.17, 15) is 4.79 Å². The SMILES string of the molecule is Cc1[nH]c2ncnc(Nc3ccc(C(N)=O)cc3OC3CCCC3)c2c1C. The average molecular weight is 365 g/mol. The van der Waals surface area contributed by atoms with Gasteiger partial charge in [0, 0.05) is 11.3 Å². The first-order valence-electron chi connectivity index (χ1n) is 9.20. The summed E-state index contributed by atoms with van der Waals surface area (Å²) in [6.07, 6.45) is 6.06. The van der Waals surface area contributed by atoms with Crippen LogP contribution in [0.2, 0.25) is 0 Å². The molecule has 140 valence electrons. The molecule has 1 aliphatic rings. The maximum absolute atomic E-state index is 11.6. The van der Waals surface area contributed by atoms with Crippen molar-refractivity contribution in [1.82, 2.24) is 15.0 Å². The van der Waals surface area contributed by atoms with Crippen LogP contribution in [0.15, 0.2) is 24.5 Å². The van der Waals surface area contributed by atoms with E-state index in [-0.39, 0.29) is 6.10 Å². The van der Waals surface area contributed by atoms with Gasteiger partial charge < -0.3 is 20.8 Å². The molecule has 0 spiro atoms. The van der Waals surface area contributed by atoms with E-state index in [0.29, 0.717) is 17.1 Å². The van der Waals surface area contributed by atoms with E-state index in [1.165, 1.54) is 6.33 Å². The number of ether oxygens (including phenoxy) is 1. The third-order valence-corrected chi connectivity index (χ3v) is 5.21. The fourth-order valence-electron chi connectivity index (χ4n) is 3.58. The third-order valence-electron chi connectivity index (χ3n) is 5.21. The topological polar surface area (TPSA) is 106 Å². The summed E-state index contributed by atoms with van der Waals surface area (Å²) in [5.74, 6) is 0.846. The van der Waals surface area contributed by atoms with Gasteiger partial charge in [-0.3, -0.25) is 4.79 Å². The van der Waals surface area contributed by atoms with Gasteiger partial charge in [-0.2, -0.15) is 0 Å². The summed E-state index contributed by atoms with van der Waals surface area (Å²) in [4.78, 5) is 23.6. The molecule has 4 rings (SSSR count). The molecular weight excluding hydrogens is 342 g/mol. The van der Waals surface area contributed by atoms with Crippen LogP contribution in [0.1, 0.15) is 47.3 Å². The molecular formula is C20H23N5O2. The van der Waals surface area contributed by atoms with Gasteiger partial charge in [-0.15, -0.1) is 0 Å². The second-order valence-corrected chi connectivity index (χ2v) is 7.05. The van der Waals surface area contributed by atoms with E-state index >= 15 is 0 Å². The number of nitrogens with one attached hydrogen (secondary N) is 2. The minimum atomic E-state index is -0.473. The third kappa shape index (κ3) is 3.32. The number of carbonyl (C=O) groups excluding carboxylic acids is 1. The van der Waals surface area contributed by atoms with Crippen LogP contribution in [-0.4, -0.2) is 27.0 Å². The van der Waals surface area contributed by atoms with Crippen molar-refractivity contribution in [2.24, 2.45) is 5.73 Å². The Morgan fingerprint density at radius 1 is 1.26 bits per heavy atom. The van der Waals surface area contributed by atoms with Gasteiger partial charge in [-0.1, -0.05) is 0 Å². The number of hydrogen-bond donors (Lipinski definition) is 3. The Kier molecular flexibility index (Phi) is 4.43. The number of rotatable bonds is 5. The number of hydrogen-bond acceptors (Lipinski definition) is 5. The number of anilines is 2. The lowest BCUT2D eigenvalue weighted by molar-refractivity contribution is 0.0999. The smallest absolute Gasteiger partial charge is 0.248 e. The quantitative estimate of drug-likeness (QED) is 0.639. The highest BCUT2D eigenvalue weighted by Gasteiger charge is 2.20. The number of amides is 1. The number of carbonyl (C=O) groups is 1. The predicted molar refractivity (Wildman–Crippen MR) is 104 cm³/mol. The highest BCUT2D eigenvalue weighted by molar-refractivity contribution is 5.95. The molecule has 0 aliphatic heterocycles. The maximum Gasteiger partial charge on any atom is 0.248 e. The number of aromatic nitrogens is 3. The molecule has 0 radical (unpaired) electrons. The van der Waals surface area contributed by atoms with Crippen LogP contribution in [0.3, 0.4) is 0 Å². The summed E-state index contributed by atoms with van der Waals surface area (Å²) in [7, 11) is 0. The van der Waals surface area contributed by atoms with Crippen LogP contribution in [-0.2, 0) is 0 Å². The van der Waals surface area contributed by atoms with Crippen LogP contribution in [0.5, 0.6) is 5.75 Å². The summed E-state index contributed by atoms with van der Waals surface area (Å²) in [6.45, 7) is 4.05. The van der Waals surface area contributed by atoms with Crippen LogP contribution in [0, 0.1) is 13.8 Å². The normalized spacial score (nSPS) is 14.6. The van der Waals surface area contributed by atoms with Crippen molar-refractivity contribution in [3.8, 4) is 5.75 Å². The number of fused-ring (bicyclic) bond motifs is 1. The summed E-state index contributed by atoms with van der Waals surface area (Å²) in [5, 5.41) is 4.31. The van der Waals surface area contributed by atoms with Crippen LogP contribution in [0.25, 0.3) is 11.0 Å². The Morgan fingerprint density at radius 2 is 2.04 bits per heavy atom. The van der Waals surface area contributed by atoms with Crippen LogP contribution in [0.4, 0.5) is 11.5 Å². The molecule has 1 aliphatic carbocycles. The summed E-state index contributed by atoms with van der Waals surface area (Å²) >= 11 is 0. The first-order valence-corrected chi connectivity index (χ1v) is 9.20. The first kappa shape index (κ1) is 17.3. The second kappa shape index (κ2) is 6.90. The fraction of sp³-hybridized carbons (Fsp3) is 0.350. The molecule has 2 aromatic heterocycles. The minimum absolute atomic E-state index is 0.162. The molecule has 4 N–H and O–H groups in total. The molecule has 27 heavy (non-hydrogen) atoms. The van der Waals surface area contributed by atoms with Crippen molar-refractivity contribution >= 4 is 28.4 Å². The summed E-state index contributed by atoms with van der Waals surface area (Å²) in [6, 6.07) is 5.21. The van der Waals surface area contributed by atoms with Gasteiger partial charge in [-0.25, -0.2) is 9.97 Å². The standard InChI is InChI=1S/C20H23N5O2/c1-11-12(2)24-19-17(11)20(23-10-22-19)25-15-8-7-13(18(21)26)9-16(15)27-14-5-3-4-6-14/h7-10,14H,3-6H2,1-2H3,(H2,21,26)(H2,22,23,24,25). The van der Waals surface area contributed by atoms with E-state index in [1.54, 1.807) is 12.1 Å². The van der Waals surface area contributed by atoms with Crippen LogP contribution >= 0.6 is 0 Å². The predicted octanol–water partition coefficient (Wildman–Crippen LogP) is 3.74. The molecule has 0 bridgehead atoms. The lowest BCUT2D eigenvalue weighted by Gasteiger charge is -2.18. The van der Waals surface area contributed by atoms with Crippen molar-refractivity contribution in [3.05, 3.63) is 41.3 Å². The number of primary amides is 1. The number of aryl methyl sites for hydroxylation is 2. The van der Waals surface area contributed by atoms with Crippen molar-refractivity contribution in [1.29, 1.82) is 0 Å². The average Bonchev–Trinajstić information content (AvgIpc) is 3.25. The molecule has 3 aromatic rings. The van der Waals surface area contributed by atoms with Gasteiger partial charge in [0.2, 0.25) is 5.91 Å². The van der Waals surface area contributed by atoms with Crippen molar-refractivity contribution in [3.63, 3.8) is 0 Å². The minimum Gasteiger partial charge on any atom is -0.488 e. The fourth-order valence-corrected chi connectivity index (χ4v) is 3.58. The molecule has 0 unspecified atom stereocenters. The second-order valence-electron chi connectivity index (χ2n) is 7.05. The van der Waals surface area contributed by atoms with E-state index in [4.69, 9.17) is 10.5 Å². The van der Waals surface area contributed by atoms with E-state index in [2.05, 4.69) is 20.3 Å². The molecule has 1 aromatic carbocycles. The van der Waals surface area contributed by atoms with Gasteiger partial charge in [0.25, 0.3) is 0 Å². The molecule has 2 heterocycles. The van der Waals surface area contributed by atoms with E-state index < -0.39 is 5.91 Å². The molecule has 1 saturated carbocycles. The Labute approximate surface area is 157 Å². The molecule has 0 saturated heterocycles. The Bertz CT molecular complexity index is 1010. The highest BCUT2D eigenvalue weighted by Crippen LogP contribution is 2.35. The highest BCUT2D eigenvalue weighted by atomic mass is 16.5. The molecule has 0 atom stereocenters. The van der Waals surface area contributed by atoms with Gasteiger partial charge >= 0.3 is 0 Å². The Hall–Kier alpha value is -3.09. The van der Waals surface area contributed by atoms with E-state index in [0.717, 1.165) is 53.7 Å². The molecule has 1 amide bonds. The van der Waals surface area contributed by atoms with Gasteiger partial charge in [0.05, 0.1) is 17.2 Å². The van der Waals surface area contributed by atoms with Crippen molar-refractivity contribution in [2.45, 2.75) is 45.6 Å². The number of H-pyrrole nitrogens is 1. The Balaban J connectivity index is 1.74. The summed E-state index contributed by atoms with van der Waals surface area (Å²) in [5.41, 5.74) is 9.57. The molecule has 7 nitrogen and oxygen atoms in total. The largest absolute Gasteiger partial charge is 0.488 e. The zero-order valence-electron chi connectivity index (χ0n) is 15.5. The van der Waals surface area contributed by atoms with Gasteiger partial charge in [0.1, 0.15) is 23.5 Å². The lowest BCUT2D eigenvalue weighted by atomic mass is 10.1. The van der Waals surface area contributed by atoms with Crippen molar-refractivity contribution in [2.75, 3.05) is 5.32 Å². The zero-order valence-corrected chi connectivity index (χ0v) is 15.5. The first-order chi connectivity index (χ1) is 13.0. The van der Waals surface area contributed by atoms with E-state index in [1.807, 2.05) is 19.9 Å². The van der Waals surface area contributed by atoms with Gasteiger partial charge in [-0.05, 0) is 63.3 Å². The number of benzene rings is 1. The zero-order chi connectivity index (χ0) is 19.0. The molecule has 1 fully saturated rings. The van der Waals surface area contributed by atoms with Gasteiger partial charge in [0.15, 0.2) is 0 Å². The summed E-state index contributed by atoms with van der Waals surface area (Å²) < 4.78 is 6.20. The lowest BCUT2D eigenvalue weighted by Crippen LogP contribution is -2.15. The van der Waals surface area contributed by atoms with Crippen LogP contribution < -0.4 is 15.8 Å². The Morgan fingerprint density at radius 3 is 2.78 bits per heavy atom. The monoisotopic (exact) mass is 365 g/mol. The molecule has 7 heteroatoms. The number of aromatic amines is 1. The number of nitrogens with two attached hydrogens (primary N) is 1.